The second-order valence-corrected chi connectivity index (χ2v) is 5.35. The number of ether oxygens (including phenoxy) is 1. The SMILES string of the molecule is O=C(OCc1ccccc1)C1C[C@@H]2CCC[C@@H]2N1. The lowest BCUT2D eigenvalue weighted by Gasteiger charge is -2.12. The van der Waals surface area contributed by atoms with E-state index in [-0.39, 0.29) is 12.0 Å². The van der Waals surface area contributed by atoms with E-state index >= 15 is 0 Å². The molecule has 1 aliphatic carbocycles. The van der Waals surface area contributed by atoms with Crippen LogP contribution in [0.5, 0.6) is 0 Å². The highest BCUT2D eigenvalue weighted by Crippen LogP contribution is 2.34. The molecule has 1 saturated carbocycles. The Kier molecular flexibility index (Phi) is 3.33. The highest BCUT2D eigenvalue weighted by Gasteiger charge is 2.40. The van der Waals surface area contributed by atoms with Gasteiger partial charge in [0, 0.05) is 6.04 Å². The third kappa shape index (κ3) is 2.41. The average Bonchev–Trinajstić information content (AvgIpc) is 2.98. The second-order valence-electron chi connectivity index (χ2n) is 5.35. The average molecular weight is 245 g/mol. The molecule has 0 amide bonds. The number of esters is 1. The van der Waals surface area contributed by atoms with E-state index in [9.17, 15) is 4.79 Å². The van der Waals surface area contributed by atoms with E-state index in [1.54, 1.807) is 0 Å². The molecule has 3 nitrogen and oxygen atoms in total. The van der Waals surface area contributed by atoms with E-state index in [1.807, 2.05) is 30.3 Å². The maximum Gasteiger partial charge on any atom is 0.323 e. The van der Waals surface area contributed by atoms with Gasteiger partial charge < -0.3 is 10.1 Å². The Bertz CT molecular complexity index is 406. The normalized spacial score (nSPS) is 30.1. The zero-order valence-electron chi connectivity index (χ0n) is 10.5. The van der Waals surface area contributed by atoms with Crippen LogP contribution in [-0.4, -0.2) is 18.1 Å². The van der Waals surface area contributed by atoms with Crippen LogP contribution >= 0.6 is 0 Å². The molecule has 2 aliphatic rings. The Balaban J connectivity index is 1.50. The fourth-order valence-corrected chi connectivity index (χ4v) is 3.16. The van der Waals surface area contributed by atoms with Gasteiger partial charge in [0.05, 0.1) is 0 Å². The van der Waals surface area contributed by atoms with Gasteiger partial charge in [0.15, 0.2) is 0 Å². The molecular weight excluding hydrogens is 226 g/mol. The predicted molar refractivity (Wildman–Crippen MR) is 68.9 cm³/mol. The minimum atomic E-state index is -0.0896. The van der Waals surface area contributed by atoms with Gasteiger partial charge in [-0.05, 0) is 30.7 Å². The van der Waals surface area contributed by atoms with E-state index < -0.39 is 0 Å². The van der Waals surface area contributed by atoms with Crippen molar-refractivity contribution in [2.24, 2.45) is 5.92 Å². The number of hydrogen-bond acceptors (Lipinski definition) is 3. The van der Waals surface area contributed by atoms with Gasteiger partial charge in [-0.2, -0.15) is 0 Å². The standard InChI is InChI=1S/C15H19NO2/c17-15(18-10-11-5-2-1-3-6-11)14-9-12-7-4-8-13(12)16-14/h1-3,5-6,12-14,16H,4,7-10H2/t12-,13-,14?/m0/s1. The predicted octanol–water partition coefficient (Wildman–Crippen LogP) is 2.26. The first-order chi connectivity index (χ1) is 8.83. The second kappa shape index (κ2) is 5.11. The highest BCUT2D eigenvalue weighted by atomic mass is 16.5. The van der Waals surface area contributed by atoms with Crippen molar-refractivity contribution in [3.05, 3.63) is 35.9 Å². The molecule has 1 N–H and O–H groups in total. The molecule has 1 aromatic carbocycles. The van der Waals surface area contributed by atoms with Gasteiger partial charge in [-0.3, -0.25) is 4.79 Å². The number of benzene rings is 1. The quantitative estimate of drug-likeness (QED) is 0.830. The lowest BCUT2D eigenvalue weighted by atomic mass is 10.0. The Labute approximate surface area is 108 Å². The van der Waals surface area contributed by atoms with E-state index in [4.69, 9.17) is 4.74 Å². The summed E-state index contributed by atoms with van der Waals surface area (Å²) in [5.74, 6) is 0.604. The van der Waals surface area contributed by atoms with E-state index in [2.05, 4.69) is 5.32 Å². The van der Waals surface area contributed by atoms with Gasteiger partial charge in [-0.1, -0.05) is 36.8 Å². The maximum absolute atomic E-state index is 12.0. The summed E-state index contributed by atoms with van der Waals surface area (Å²) in [6.07, 6.45) is 4.74. The van der Waals surface area contributed by atoms with Crippen LogP contribution in [0.3, 0.4) is 0 Å². The Morgan fingerprint density at radius 3 is 2.89 bits per heavy atom. The molecule has 1 aromatic rings. The Hall–Kier alpha value is -1.35. The van der Waals surface area contributed by atoms with Crippen LogP contribution < -0.4 is 5.32 Å². The summed E-state index contributed by atoms with van der Waals surface area (Å²) in [5.41, 5.74) is 1.05. The molecule has 3 atom stereocenters. The molecule has 96 valence electrons. The van der Waals surface area contributed by atoms with Gasteiger partial charge in [0.2, 0.25) is 0 Å². The van der Waals surface area contributed by atoms with Crippen molar-refractivity contribution in [1.29, 1.82) is 0 Å². The minimum Gasteiger partial charge on any atom is -0.460 e. The van der Waals surface area contributed by atoms with E-state index in [0.717, 1.165) is 12.0 Å². The topological polar surface area (TPSA) is 38.3 Å². The summed E-state index contributed by atoms with van der Waals surface area (Å²) >= 11 is 0. The third-order valence-corrected chi connectivity index (χ3v) is 4.12. The van der Waals surface area contributed by atoms with Crippen LogP contribution in [0.4, 0.5) is 0 Å². The van der Waals surface area contributed by atoms with Gasteiger partial charge in [-0.25, -0.2) is 0 Å². The maximum atomic E-state index is 12.0. The number of rotatable bonds is 3. The fraction of sp³-hybridized carbons (Fsp3) is 0.533. The first-order valence-electron chi connectivity index (χ1n) is 6.79. The summed E-state index contributed by atoms with van der Waals surface area (Å²) in [7, 11) is 0. The van der Waals surface area contributed by atoms with Crippen molar-refractivity contribution in [1.82, 2.24) is 5.32 Å². The number of fused-ring (bicyclic) bond motifs is 1. The Morgan fingerprint density at radius 1 is 1.28 bits per heavy atom. The van der Waals surface area contributed by atoms with E-state index in [1.165, 1.54) is 19.3 Å². The summed E-state index contributed by atoms with van der Waals surface area (Å²) in [6, 6.07) is 10.3. The van der Waals surface area contributed by atoms with Gasteiger partial charge in [0.25, 0.3) is 0 Å². The summed E-state index contributed by atoms with van der Waals surface area (Å²) < 4.78 is 5.38. The molecule has 1 aliphatic heterocycles. The Morgan fingerprint density at radius 2 is 2.11 bits per heavy atom. The minimum absolute atomic E-state index is 0.0796. The smallest absolute Gasteiger partial charge is 0.323 e. The number of carbonyl (C=O) groups is 1. The molecule has 18 heavy (non-hydrogen) atoms. The van der Waals surface area contributed by atoms with Gasteiger partial charge in [0.1, 0.15) is 12.6 Å². The third-order valence-electron chi connectivity index (χ3n) is 4.12. The zero-order valence-corrected chi connectivity index (χ0v) is 10.5. The van der Waals surface area contributed by atoms with Gasteiger partial charge in [-0.15, -0.1) is 0 Å². The van der Waals surface area contributed by atoms with Crippen LogP contribution in [0.25, 0.3) is 0 Å². The van der Waals surface area contributed by atoms with Gasteiger partial charge >= 0.3 is 5.97 Å². The van der Waals surface area contributed by atoms with Crippen LogP contribution in [0.15, 0.2) is 30.3 Å². The van der Waals surface area contributed by atoms with Crippen molar-refractivity contribution in [3.8, 4) is 0 Å². The first-order valence-corrected chi connectivity index (χ1v) is 6.79. The van der Waals surface area contributed by atoms with Crippen LogP contribution in [-0.2, 0) is 16.1 Å². The highest BCUT2D eigenvalue weighted by molar-refractivity contribution is 5.76. The van der Waals surface area contributed by atoms with Crippen molar-refractivity contribution in [2.45, 2.75) is 44.4 Å². The lowest BCUT2D eigenvalue weighted by molar-refractivity contribution is -0.147. The van der Waals surface area contributed by atoms with Crippen LogP contribution in [0.1, 0.15) is 31.2 Å². The van der Waals surface area contributed by atoms with Crippen molar-refractivity contribution < 1.29 is 9.53 Å². The van der Waals surface area contributed by atoms with Crippen molar-refractivity contribution in [2.75, 3.05) is 0 Å². The fourth-order valence-electron chi connectivity index (χ4n) is 3.16. The molecular formula is C15H19NO2. The molecule has 2 fully saturated rings. The summed E-state index contributed by atoms with van der Waals surface area (Å²) in [6.45, 7) is 0.382. The zero-order chi connectivity index (χ0) is 12.4. The molecule has 1 unspecified atom stereocenters. The molecule has 0 radical (unpaired) electrons. The molecule has 1 saturated heterocycles. The van der Waals surface area contributed by atoms with E-state index in [0.29, 0.717) is 18.6 Å². The summed E-state index contributed by atoms with van der Waals surface area (Å²) in [5, 5.41) is 3.41. The number of carbonyl (C=O) groups excluding carboxylic acids is 1. The van der Waals surface area contributed by atoms with Crippen LogP contribution in [0, 0.1) is 5.92 Å². The molecule has 0 spiro atoms. The molecule has 3 rings (SSSR count). The molecule has 0 bridgehead atoms. The molecule has 1 heterocycles. The summed E-state index contributed by atoms with van der Waals surface area (Å²) in [4.78, 5) is 12.0. The lowest BCUT2D eigenvalue weighted by Crippen LogP contribution is -2.36. The first kappa shape index (κ1) is 11.7. The molecule has 0 aromatic heterocycles. The monoisotopic (exact) mass is 245 g/mol. The number of hydrogen-bond donors (Lipinski definition) is 1. The largest absolute Gasteiger partial charge is 0.460 e. The van der Waals surface area contributed by atoms with Crippen molar-refractivity contribution in [3.63, 3.8) is 0 Å². The van der Waals surface area contributed by atoms with Crippen molar-refractivity contribution >= 4 is 5.97 Å². The number of nitrogens with one attached hydrogen (secondary N) is 1. The molecule has 3 heteroatoms. The van der Waals surface area contributed by atoms with Crippen LogP contribution in [0.2, 0.25) is 0 Å².